The van der Waals surface area contributed by atoms with Gasteiger partial charge < -0.3 is 4.90 Å². The lowest BCUT2D eigenvalue weighted by molar-refractivity contribution is 0.0667. The number of likely N-dealkylation sites (tertiary alicyclic amines) is 1. The molecule has 0 aromatic heterocycles. The van der Waals surface area contributed by atoms with Crippen LogP contribution in [-0.4, -0.2) is 37.0 Å². The predicted molar refractivity (Wildman–Crippen MR) is 95.6 cm³/mol. The Labute approximate surface area is 139 Å². The monoisotopic (exact) mass is 306 g/mol. The van der Waals surface area contributed by atoms with Gasteiger partial charge in [-0.25, -0.2) is 0 Å². The summed E-state index contributed by atoms with van der Waals surface area (Å²) in [4.78, 5) is 5.01. The Hall–Kier alpha value is -1.64. The largest absolute Gasteiger partial charge is 0.304 e. The van der Waals surface area contributed by atoms with Crippen molar-refractivity contribution < 1.29 is 0 Å². The number of benzene rings is 2. The van der Waals surface area contributed by atoms with Gasteiger partial charge in [-0.1, -0.05) is 54.6 Å². The van der Waals surface area contributed by atoms with Gasteiger partial charge in [0.15, 0.2) is 0 Å². The van der Waals surface area contributed by atoms with Gasteiger partial charge in [0.2, 0.25) is 0 Å². The molecule has 2 aromatic carbocycles. The van der Waals surface area contributed by atoms with E-state index < -0.39 is 0 Å². The number of nitrogens with zero attached hydrogens (tertiary/aromatic N) is 2. The van der Waals surface area contributed by atoms with Gasteiger partial charge in [-0.15, -0.1) is 0 Å². The molecule has 120 valence electrons. The van der Waals surface area contributed by atoms with Crippen molar-refractivity contribution in [2.45, 2.75) is 30.8 Å². The average Bonchev–Trinajstić information content (AvgIpc) is 2.90. The number of hydrogen-bond acceptors (Lipinski definition) is 2. The van der Waals surface area contributed by atoms with Crippen LogP contribution < -0.4 is 0 Å². The summed E-state index contributed by atoms with van der Waals surface area (Å²) in [5.41, 5.74) is 4.93. The van der Waals surface area contributed by atoms with E-state index in [0.29, 0.717) is 17.5 Å². The Morgan fingerprint density at radius 2 is 1.70 bits per heavy atom. The van der Waals surface area contributed by atoms with Crippen LogP contribution >= 0.6 is 0 Å². The van der Waals surface area contributed by atoms with Crippen LogP contribution in [0.3, 0.4) is 0 Å². The van der Waals surface area contributed by atoms with Gasteiger partial charge in [0.05, 0.1) is 0 Å². The van der Waals surface area contributed by atoms with E-state index in [-0.39, 0.29) is 0 Å². The molecule has 1 aliphatic carbocycles. The minimum Gasteiger partial charge on any atom is -0.304 e. The van der Waals surface area contributed by atoms with Crippen molar-refractivity contribution in [3.05, 3.63) is 71.3 Å². The Kier molecular flexibility index (Phi) is 3.55. The molecule has 2 atom stereocenters. The smallest absolute Gasteiger partial charge is 0.0363 e. The summed E-state index contributed by atoms with van der Waals surface area (Å²) in [6, 6.07) is 21.0. The third-order valence-corrected chi connectivity index (χ3v) is 6.00. The molecular formula is C21H26N2. The number of fused-ring (bicyclic) bond motifs is 2. The van der Waals surface area contributed by atoms with Crippen LogP contribution in [0.1, 0.15) is 42.1 Å². The third-order valence-electron chi connectivity index (χ3n) is 6.00. The van der Waals surface area contributed by atoms with Gasteiger partial charge in [0.1, 0.15) is 0 Å². The fourth-order valence-corrected chi connectivity index (χ4v) is 4.75. The van der Waals surface area contributed by atoms with E-state index in [0.717, 1.165) is 0 Å². The van der Waals surface area contributed by atoms with Crippen molar-refractivity contribution in [2.75, 3.05) is 27.2 Å². The minimum absolute atomic E-state index is 0.390. The van der Waals surface area contributed by atoms with Crippen molar-refractivity contribution in [1.29, 1.82) is 0 Å². The molecule has 0 saturated carbocycles. The highest BCUT2D eigenvalue weighted by Gasteiger charge is 2.51. The van der Waals surface area contributed by atoms with Crippen LogP contribution in [0.15, 0.2) is 54.6 Å². The minimum atomic E-state index is 0.390. The molecular weight excluding hydrogens is 280 g/mol. The molecule has 2 aromatic rings. The van der Waals surface area contributed by atoms with Gasteiger partial charge in [0, 0.05) is 30.6 Å². The standard InChI is InChI=1S/C21H26N2/c1-16(17-9-5-4-6-10-17)23(3)20-13-21(14-22(2)15-21)19-12-8-7-11-18(19)20/h4-12,16,20H,13-15H2,1-3H3. The van der Waals surface area contributed by atoms with E-state index in [1.807, 2.05) is 0 Å². The molecule has 2 nitrogen and oxygen atoms in total. The lowest BCUT2D eigenvalue weighted by atomic mass is 9.75. The first kappa shape index (κ1) is 14.9. The van der Waals surface area contributed by atoms with E-state index in [1.165, 1.54) is 25.1 Å². The summed E-state index contributed by atoms with van der Waals surface area (Å²) in [5, 5.41) is 0. The molecule has 1 spiro atoms. The Morgan fingerprint density at radius 1 is 1.04 bits per heavy atom. The summed E-state index contributed by atoms with van der Waals surface area (Å²) in [6.45, 7) is 4.73. The van der Waals surface area contributed by atoms with E-state index in [4.69, 9.17) is 0 Å². The molecule has 0 radical (unpaired) electrons. The first-order valence-electron chi connectivity index (χ1n) is 8.65. The summed E-state index contributed by atoms with van der Waals surface area (Å²) in [6.07, 6.45) is 1.25. The third kappa shape index (κ3) is 2.32. The zero-order valence-electron chi connectivity index (χ0n) is 14.4. The SMILES string of the molecule is CC(c1ccccc1)N(C)C1CC2(CN(C)C2)c2ccccc21. The molecule has 2 unspecified atom stereocenters. The second-order valence-corrected chi connectivity index (χ2v) is 7.51. The van der Waals surface area contributed by atoms with Crippen molar-refractivity contribution >= 4 is 0 Å². The zero-order chi connectivity index (χ0) is 16.0. The number of likely N-dealkylation sites (N-methyl/N-ethyl adjacent to an activating group) is 1. The predicted octanol–water partition coefficient (Wildman–Crippen LogP) is 4.01. The highest BCUT2D eigenvalue weighted by molar-refractivity contribution is 5.45. The van der Waals surface area contributed by atoms with Crippen LogP contribution in [0.4, 0.5) is 0 Å². The van der Waals surface area contributed by atoms with Gasteiger partial charge in [0.25, 0.3) is 0 Å². The highest BCUT2D eigenvalue weighted by atomic mass is 15.2. The molecule has 2 heteroatoms. The van der Waals surface area contributed by atoms with Crippen molar-refractivity contribution in [1.82, 2.24) is 9.80 Å². The second kappa shape index (κ2) is 5.47. The topological polar surface area (TPSA) is 6.48 Å². The molecule has 0 bridgehead atoms. The fraction of sp³-hybridized carbons (Fsp3) is 0.429. The quantitative estimate of drug-likeness (QED) is 0.845. The maximum Gasteiger partial charge on any atom is 0.0363 e. The van der Waals surface area contributed by atoms with Crippen LogP contribution in [0, 0.1) is 0 Å². The lowest BCUT2D eigenvalue weighted by Gasteiger charge is -2.47. The van der Waals surface area contributed by atoms with Gasteiger partial charge >= 0.3 is 0 Å². The van der Waals surface area contributed by atoms with Crippen molar-refractivity contribution in [2.24, 2.45) is 0 Å². The molecule has 0 N–H and O–H groups in total. The summed E-state index contributed by atoms with van der Waals surface area (Å²) >= 11 is 0. The summed E-state index contributed by atoms with van der Waals surface area (Å²) in [5.74, 6) is 0. The van der Waals surface area contributed by atoms with Crippen LogP contribution in [0.25, 0.3) is 0 Å². The fourth-order valence-electron chi connectivity index (χ4n) is 4.75. The van der Waals surface area contributed by atoms with E-state index >= 15 is 0 Å². The molecule has 2 aliphatic rings. The first-order valence-corrected chi connectivity index (χ1v) is 8.65. The normalized spacial score (nSPS) is 23.7. The maximum absolute atomic E-state index is 2.57. The molecule has 1 fully saturated rings. The molecule has 1 heterocycles. The van der Waals surface area contributed by atoms with E-state index in [9.17, 15) is 0 Å². The van der Waals surface area contributed by atoms with Gasteiger partial charge in [-0.3, -0.25) is 4.90 Å². The Morgan fingerprint density at radius 3 is 2.39 bits per heavy atom. The molecule has 1 aliphatic heterocycles. The molecule has 4 rings (SSSR count). The van der Waals surface area contributed by atoms with Crippen LogP contribution in [-0.2, 0) is 5.41 Å². The highest BCUT2D eigenvalue weighted by Crippen LogP contribution is 2.52. The van der Waals surface area contributed by atoms with Crippen molar-refractivity contribution in [3.8, 4) is 0 Å². The molecule has 1 saturated heterocycles. The van der Waals surface area contributed by atoms with Crippen LogP contribution in [0.5, 0.6) is 0 Å². The van der Waals surface area contributed by atoms with Crippen LogP contribution in [0.2, 0.25) is 0 Å². The van der Waals surface area contributed by atoms with Gasteiger partial charge in [-0.05, 0) is 44.1 Å². The van der Waals surface area contributed by atoms with E-state index in [2.05, 4.69) is 85.4 Å². The summed E-state index contributed by atoms with van der Waals surface area (Å²) < 4.78 is 0. The lowest BCUT2D eigenvalue weighted by Crippen LogP contribution is -2.56. The first-order chi connectivity index (χ1) is 11.1. The van der Waals surface area contributed by atoms with Gasteiger partial charge in [-0.2, -0.15) is 0 Å². The molecule has 0 amide bonds. The Bertz CT molecular complexity index is 688. The number of rotatable bonds is 3. The summed E-state index contributed by atoms with van der Waals surface area (Å²) in [7, 11) is 4.53. The number of hydrogen-bond donors (Lipinski definition) is 0. The average molecular weight is 306 g/mol. The second-order valence-electron chi connectivity index (χ2n) is 7.51. The molecule has 23 heavy (non-hydrogen) atoms. The van der Waals surface area contributed by atoms with Crippen molar-refractivity contribution in [3.63, 3.8) is 0 Å². The van der Waals surface area contributed by atoms with E-state index in [1.54, 1.807) is 11.1 Å². The zero-order valence-corrected chi connectivity index (χ0v) is 14.4. The maximum atomic E-state index is 2.57. The Balaban J connectivity index is 1.65.